The maximum atomic E-state index is 5.11. The van der Waals surface area contributed by atoms with Crippen LogP contribution in [0.4, 0.5) is 5.82 Å². The fraction of sp³-hybridized carbons (Fsp3) is 0.667. The van der Waals surface area contributed by atoms with Gasteiger partial charge >= 0.3 is 0 Å². The van der Waals surface area contributed by atoms with Crippen molar-refractivity contribution < 1.29 is 4.74 Å². The van der Waals surface area contributed by atoms with Crippen LogP contribution in [0.1, 0.15) is 24.1 Å². The lowest BCUT2D eigenvalue weighted by atomic mass is 10.2. The van der Waals surface area contributed by atoms with Crippen molar-refractivity contribution in [3.05, 3.63) is 11.3 Å². The van der Waals surface area contributed by atoms with Gasteiger partial charge in [0.2, 0.25) is 0 Å². The van der Waals surface area contributed by atoms with Crippen molar-refractivity contribution in [3.8, 4) is 0 Å². The predicted molar refractivity (Wildman–Crippen MR) is 50.7 cm³/mol. The topological polar surface area (TPSA) is 49.9 Å². The molecule has 1 aromatic heterocycles. The highest BCUT2D eigenvalue weighted by Crippen LogP contribution is 2.26. The Morgan fingerprint density at radius 3 is 3.00 bits per heavy atom. The molecule has 1 fully saturated rings. The minimum atomic E-state index is 0.622. The molecule has 0 bridgehead atoms. The van der Waals surface area contributed by atoms with Gasteiger partial charge in [-0.25, -0.2) is 0 Å². The molecule has 1 aliphatic rings. The highest BCUT2D eigenvalue weighted by molar-refractivity contribution is 5.47. The van der Waals surface area contributed by atoms with Crippen LogP contribution in [0, 0.1) is 6.92 Å². The molecule has 2 rings (SSSR count). The molecule has 1 heterocycles. The van der Waals surface area contributed by atoms with E-state index in [0.717, 1.165) is 17.1 Å². The second kappa shape index (κ2) is 3.38. The minimum absolute atomic E-state index is 0.622. The van der Waals surface area contributed by atoms with Crippen molar-refractivity contribution in [1.29, 1.82) is 0 Å². The molecular weight excluding hydrogens is 166 g/mol. The average molecular weight is 181 g/mol. The number of anilines is 1. The third kappa shape index (κ3) is 1.83. The summed E-state index contributed by atoms with van der Waals surface area (Å²) in [6.45, 7) is 2.64. The first-order valence-corrected chi connectivity index (χ1v) is 4.60. The van der Waals surface area contributed by atoms with Crippen LogP contribution in [0.5, 0.6) is 0 Å². The van der Waals surface area contributed by atoms with Crippen LogP contribution >= 0.6 is 0 Å². The summed E-state index contributed by atoms with van der Waals surface area (Å²) in [6.07, 6.45) is 2.52. The maximum Gasteiger partial charge on any atom is 0.153 e. The number of hydrogen-bond donors (Lipinski definition) is 2. The highest BCUT2D eigenvalue weighted by Gasteiger charge is 2.23. The number of aromatic nitrogens is 2. The molecule has 1 saturated carbocycles. The molecule has 0 radical (unpaired) electrons. The maximum absolute atomic E-state index is 5.11. The zero-order valence-corrected chi connectivity index (χ0v) is 8.05. The lowest BCUT2D eigenvalue weighted by molar-refractivity contribution is 0.185. The lowest BCUT2D eigenvalue weighted by Crippen LogP contribution is -2.04. The number of ether oxygens (including phenoxy) is 1. The first kappa shape index (κ1) is 8.56. The smallest absolute Gasteiger partial charge is 0.153 e. The van der Waals surface area contributed by atoms with E-state index in [9.17, 15) is 0 Å². The third-order valence-corrected chi connectivity index (χ3v) is 2.28. The molecule has 1 aromatic rings. The SMILES string of the molecule is COCc1c(NC2CC2)n[nH]c1C. The van der Waals surface area contributed by atoms with Crippen molar-refractivity contribution in [1.82, 2.24) is 10.2 Å². The number of nitrogens with zero attached hydrogens (tertiary/aromatic N) is 1. The summed E-state index contributed by atoms with van der Waals surface area (Å²) >= 11 is 0. The Bertz CT molecular complexity index is 291. The van der Waals surface area contributed by atoms with Gasteiger partial charge in [-0.1, -0.05) is 0 Å². The average Bonchev–Trinajstić information content (AvgIpc) is 2.86. The molecule has 0 aliphatic heterocycles. The van der Waals surface area contributed by atoms with E-state index in [0.29, 0.717) is 12.6 Å². The molecule has 72 valence electrons. The van der Waals surface area contributed by atoms with Crippen LogP contribution in [0.25, 0.3) is 0 Å². The first-order chi connectivity index (χ1) is 6.31. The molecule has 0 amide bonds. The number of hydrogen-bond acceptors (Lipinski definition) is 3. The monoisotopic (exact) mass is 181 g/mol. The molecular formula is C9H15N3O. The number of H-pyrrole nitrogens is 1. The molecule has 1 aliphatic carbocycles. The van der Waals surface area contributed by atoms with E-state index in [1.54, 1.807) is 7.11 Å². The van der Waals surface area contributed by atoms with Crippen LogP contribution in [0.15, 0.2) is 0 Å². The summed E-state index contributed by atoms with van der Waals surface area (Å²) in [5.41, 5.74) is 2.24. The summed E-state index contributed by atoms with van der Waals surface area (Å²) in [5, 5.41) is 10.5. The predicted octanol–water partition coefficient (Wildman–Crippen LogP) is 1.44. The van der Waals surface area contributed by atoms with E-state index in [-0.39, 0.29) is 0 Å². The van der Waals surface area contributed by atoms with E-state index in [1.807, 2.05) is 6.92 Å². The Labute approximate surface area is 77.7 Å². The molecule has 0 saturated heterocycles. The standard InChI is InChI=1S/C9H15N3O/c1-6-8(5-13-2)9(12-11-6)10-7-3-4-7/h7H,3-5H2,1-2H3,(H2,10,11,12). The molecule has 4 heteroatoms. The highest BCUT2D eigenvalue weighted by atomic mass is 16.5. The van der Waals surface area contributed by atoms with E-state index in [4.69, 9.17) is 4.74 Å². The van der Waals surface area contributed by atoms with Crippen molar-refractivity contribution in [2.24, 2.45) is 0 Å². The number of aryl methyl sites for hydroxylation is 1. The zero-order valence-electron chi connectivity index (χ0n) is 8.05. The van der Waals surface area contributed by atoms with E-state index in [2.05, 4.69) is 15.5 Å². The summed E-state index contributed by atoms with van der Waals surface area (Å²) in [5.74, 6) is 0.960. The Hall–Kier alpha value is -1.03. The third-order valence-electron chi connectivity index (χ3n) is 2.28. The van der Waals surface area contributed by atoms with Gasteiger partial charge in [0.1, 0.15) is 0 Å². The van der Waals surface area contributed by atoms with E-state index >= 15 is 0 Å². The van der Waals surface area contributed by atoms with Gasteiger partial charge in [-0.05, 0) is 19.8 Å². The van der Waals surface area contributed by atoms with Crippen molar-refractivity contribution in [2.75, 3.05) is 12.4 Å². The van der Waals surface area contributed by atoms with Crippen LogP contribution < -0.4 is 5.32 Å². The van der Waals surface area contributed by atoms with Crippen LogP contribution in [-0.4, -0.2) is 23.3 Å². The minimum Gasteiger partial charge on any atom is -0.380 e. The molecule has 0 atom stereocenters. The van der Waals surface area contributed by atoms with Crippen LogP contribution in [0.2, 0.25) is 0 Å². The molecule has 4 nitrogen and oxygen atoms in total. The molecule has 0 aromatic carbocycles. The second-order valence-corrected chi connectivity index (χ2v) is 3.53. The first-order valence-electron chi connectivity index (χ1n) is 4.60. The Morgan fingerprint density at radius 1 is 1.62 bits per heavy atom. The van der Waals surface area contributed by atoms with Gasteiger partial charge < -0.3 is 10.1 Å². The zero-order chi connectivity index (χ0) is 9.26. The molecule has 2 N–H and O–H groups in total. The largest absolute Gasteiger partial charge is 0.380 e. The van der Waals surface area contributed by atoms with Crippen molar-refractivity contribution in [3.63, 3.8) is 0 Å². The van der Waals surface area contributed by atoms with Crippen LogP contribution in [-0.2, 0) is 11.3 Å². The number of aromatic amines is 1. The van der Waals surface area contributed by atoms with Gasteiger partial charge in [0.25, 0.3) is 0 Å². The second-order valence-electron chi connectivity index (χ2n) is 3.53. The van der Waals surface area contributed by atoms with Gasteiger partial charge in [-0.3, -0.25) is 5.10 Å². The quantitative estimate of drug-likeness (QED) is 0.739. The van der Waals surface area contributed by atoms with Crippen LogP contribution in [0.3, 0.4) is 0 Å². The summed E-state index contributed by atoms with van der Waals surface area (Å²) in [7, 11) is 1.70. The van der Waals surface area contributed by atoms with Crippen molar-refractivity contribution >= 4 is 5.82 Å². The molecule has 13 heavy (non-hydrogen) atoms. The van der Waals surface area contributed by atoms with Crippen molar-refractivity contribution in [2.45, 2.75) is 32.4 Å². The Kier molecular flexibility index (Phi) is 2.22. The fourth-order valence-electron chi connectivity index (χ4n) is 1.31. The number of nitrogens with one attached hydrogen (secondary N) is 2. The van der Waals surface area contributed by atoms with Gasteiger partial charge in [0, 0.05) is 24.4 Å². The Morgan fingerprint density at radius 2 is 2.38 bits per heavy atom. The van der Waals surface area contributed by atoms with Gasteiger partial charge in [-0.2, -0.15) is 5.10 Å². The van der Waals surface area contributed by atoms with Gasteiger partial charge in [-0.15, -0.1) is 0 Å². The fourth-order valence-corrected chi connectivity index (χ4v) is 1.31. The summed E-state index contributed by atoms with van der Waals surface area (Å²) in [6, 6.07) is 0.637. The summed E-state index contributed by atoms with van der Waals surface area (Å²) < 4.78 is 5.11. The number of rotatable bonds is 4. The lowest BCUT2D eigenvalue weighted by Gasteiger charge is -2.03. The van der Waals surface area contributed by atoms with Gasteiger partial charge in [0.05, 0.1) is 6.61 Å². The van der Waals surface area contributed by atoms with E-state index in [1.165, 1.54) is 12.8 Å². The normalized spacial score (nSPS) is 16.2. The number of methoxy groups -OCH3 is 1. The Balaban J connectivity index is 2.12. The van der Waals surface area contributed by atoms with E-state index < -0.39 is 0 Å². The van der Waals surface area contributed by atoms with Gasteiger partial charge in [0.15, 0.2) is 5.82 Å². The molecule has 0 spiro atoms. The molecule has 0 unspecified atom stereocenters. The summed E-state index contributed by atoms with van der Waals surface area (Å²) in [4.78, 5) is 0.